The Kier molecular flexibility index (Phi) is 6.22. The van der Waals surface area contributed by atoms with E-state index in [2.05, 4.69) is 29.8 Å². The van der Waals surface area contributed by atoms with E-state index >= 15 is 0 Å². The van der Waals surface area contributed by atoms with E-state index < -0.39 is 10.0 Å². The maximum Gasteiger partial charge on any atom is 0.253 e. The Bertz CT molecular complexity index is 647. The lowest BCUT2D eigenvalue weighted by molar-refractivity contribution is 0.0789. The molecule has 0 aliphatic rings. The van der Waals surface area contributed by atoms with Crippen molar-refractivity contribution in [2.75, 3.05) is 13.6 Å². The SMILES string of the molecule is CC(C)CCN(C)C(=O)c1cc(Cl)c(Br)c(S(N)(=O)=O)c1. The first-order valence-electron chi connectivity index (χ1n) is 6.31. The summed E-state index contributed by atoms with van der Waals surface area (Å²) in [5.74, 6) is 0.170. The van der Waals surface area contributed by atoms with Gasteiger partial charge in [0.2, 0.25) is 10.0 Å². The van der Waals surface area contributed by atoms with Crippen molar-refractivity contribution >= 4 is 43.5 Å². The number of carbonyl (C=O) groups is 1. The number of halogens is 2. The molecule has 118 valence electrons. The van der Waals surface area contributed by atoms with Crippen LogP contribution in [0.15, 0.2) is 21.5 Å². The molecule has 5 nitrogen and oxygen atoms in total. The zero-order chi connectivity index (χ0) is 16.4. The predicted molar refractivity (Wildman–Crippen MR) is 86.9 cm³/mol. The van der Waals surface area contributed by atoms with Crippen molar-refractivity contribution in [2.45, 2.75) is 25.2 Å². The van der Waals surface area contributed by atoms with Gasteiger partial charge < -0.3 is 4.90 Å². The molecule has 0 aromatic heterocycles. The van der Waals surface area contributed by atoms with Gasteiger partial charge in [-0.3, -0.25) is 4.79 Å². The first-order valence-corrected chi connectivity index (χ1v) is 9.03. The molecule has 0 atom stereocenters. The summed E-state index contributed by atoms with van der Waals surface area (Å²) in [6, 6.07) is 2.66. The highest BCUT2D eigenvalue weighted by molar-refractivity contribution is 9.10. The van der Waals surface area contributed by atoms with Crippen molar-refractivity contribution in [3.8, 4) is 0 Å². The van der Waals surface area contributed by atoms with Crippen molar-refractivity contribution in [3.05, 3.63) is 27.2 Å². The first-order chi connectivity index (χ1) is 9.54. The summed E-state index contributed by atoms with van der Waals surface area (Å²) in [6.45, 7) is 4.71. The Balaban J connectivity index is 3.14. The van der Waals surface area contributed by atoms with Gasteiger partial charge in [0.25, 0.3) is 5.91 Å². The van der Waals surface area contributed by atoms with Crippen molar-refractivity contribution in [2.24, 2.45) is 11.1 Å². The molecule has 0 aliphatic carbocycles. The summed E-state index contributed by atoms with van der Waals surface area (Å²) in [5, 5.41) is 5.26. The third kappa shape index (κ3) is 4.95. The van der Waals surface area contributed by atoms with Gasteiger partial charge in [-0.2, -0.15) is 0 Å². The quantitative estimate of drug-likeness (QED) is 0.829. The topological polar surface area (TPSA) is 80.5 Å². The molecule has 0 aliphatic heterocycles. The fourth-order valence-corrected chi connectivity index (χ4v) is 3.50. The third-order valence-electron chi connectivity index (χ3n) is 2.94. The number of nitrogens with zero attached hydrogens (tertiary/aromatic N) is 1. The molecule has 8 heteroatoms. The third-order valence-corrected chi connectivity index (χ3v) is 5.52. The molecule has 0 spiro atoms. The van der Waals surface area contributed by atoms with Gasteiger partial charge in [-0.1, -0.05) is 25.4 Å². The lowest BCUT2D eigenvalue weighted by Crippen LogP contribution is -2.29. The van der Waals surface area contributed by atoms with Gasteiger partial charge in [0, 0.05) is 19.2 Å². The minimum absolute atomic E-state index is 0.127. The van der Waals surface area contributed by atoms with Crippen LogP contribution < -0.4 is 5.14 Å². The monoisotopic (exact) mass is 396 g/mol. The second-order valence-electron chi connectivity index (χ2n) is 5.22. The van der Waals surface area contributed by atoms with E-state index in [4.69, 9.17) is 16.7 Å². The zero-order valence-electron chi connectivity index (χ0n) is 12.1. The Morgan fingerprint density at radius 3 is 2.48 bits per heavy atom. The highest BCUT2D eigenvalue weighted by atomic mass is 79.9. The second-order valence-corrected chi connectivity index (χ2v) is 7.95. The van der Waals surface area contributed by atoms with E-state index in [-0.39, 0.29) is 25.9 Å². The molecule has 2 N–H and O–H groups in total. The number of sulfonamides is 1. The summed E-state index contributed by atoms with van der Waals surface area (Å²) in [4.78, 5) is 13.7. The van der Waals surface area contributed by atoms with Gasteiger partial charge in [-0.05, 0) is 40.4 Å². The van der Waals surface area contributed by atoms with E-state index in [1.807, 2.05) is 0 Å². The number of nitrogens with two attached hydrogens (primary N) is 1. The number of benzene rings is 1. The van der Waals surface area contributed by atoms with E-state index in [1.54, 1.807) is 7.05 Å². The number of carbonyl (C=O) groups excluding carboxylic acids is 1. The highest BCUT2D eigenvalue weighted by Gasteiger charge is 2.21. The van der Waals surface area contributed by atoms with Crippen LogP contribution in [0, 0.1) is 5.92 Å². The van der Waals surface area contributed by atoms with E-state index in [0.717, 1.165) is 6.42 Å². The van der Waals surface area contributed by atoms with Crippen LogP contribution in [-0.2, 0) is 10.0 Å². The fourth-order valence-electron chi connectivity index (χ4n) is 1.67. The second kappa shape index (κ2) is 7.09. The minimum atomic E-state index is -3.97. The van der Waals surface area contributed by atoms with Crippen LogP contribution in [0.2, 0.25) is 5.02 Å². The highest BCUT2D eigenvalue weighted by Crippen LogP contribution is 2.31. The van der Waals surface area contributed by atoms with E-state index in [9.17, 15) is 13.2 Å². The van der Waals surface area contributed by atoms with Gasteiger partial charge in [0.05, 0.1) is 14.4 Å². The summed E-state index contributed by atoms with van der Waals surface area (Å²) in [7, 11) is -2.30. The molecule has 0 radical (unpaired) electrons. The molecule has 0 bridgehead atoms. The summed E-state index contributed by atoms with van der Waals surface area (Å²) in [6.07, 6.45) is 0.856. The van der Waals surface area contributed by atoms with Crippen molar-refractivity contribution in [1.29, 1.82) is 0 Å². The van der Waals surface area contributed by atoms with E-state index in [1.165, 1.54) is 17.0 Å². The molecule has 0 heterocycles. The van der Waals surface area contributed by atoms with Crippen LogP contribution >= 0.6 is 27.5 Å². The Hall–Kier alpha value is -0.630. The molecule has 0 saturated carbocycles. The molecule has 0 unspecified atom stereocenters. The van der Waals surface area contributed by atoms with Gasteiger partial charge >= 0.3 is 0 Å². The Morgan fingerprint density at radius 2 is 2.00 bits per heavy atom. The Labute approximate surface area is 138 Å². The van der Waals surface area contributed by atoms with Gasteiger partial charge in [0.15, 0.2) is 0 Å². The predicted octanol–water partition coefficient (Wildman–Crippen LogP) is 2.87. The summed E-state index contributed by atoms with van der Waals surface area (Å²) in [5.41, 5.74) is 0.193. The average molecular weight is 398 g/mol. The summed E-state index contributed by atoms with van der Waals surface area (Å²) < 4.78 is 23.2. The smallest absolute Gasteiger partial charge is 0.253 e. The number of amides is 1. The van der Waals surface area contributed by atoms with Crippen LogP contribution in [0.1, 0.15) is 30.6 Å². The van der Waals surface area contributed by atoms with E-state index in [0.29, 0.717) is 12.5 Å². The molecule has 1 rings (SSSR count). The maximum atomic E-state index is 12.3. The minimum Gasteiger partial charge on any atom is -0.342 e. The van der Waals surface area contributed by atoms with Crippen LogP contribution in [-0.4, -0.2) is 32.8 Å². The lowest BCUT2D eigenvalue weighted by Gasteiger charge is -2.19. The van der Waals surface area contributed by atoms with Crippen LogP contribution in [0.5, 0.6) is 0 Å². The molecular weight excluding hydrogens is 380 g/mol. The fraction of sp³-hybridized carbons (Fsp3) is 0.462. The number of hydrogen-bond donors (Lipinski definition) is 1. The number of primary sulfonamides is 1. The number of rotatable bonds is 5. The van der Waals surface area contributed by atoms with Gasteiger partial charge in [-0.25, -0.2) is 13.6 Å². The lowest BCUT2D eigenvalue weighted by atomic mass is 10.1. The van der Waals surface area contributed by atoms with Crippen LogP contribution in [0.25, 0.3) is 0 Å². The molecule has 1 amide bonds. The maximum absolute atomic E-state index is 12.3. The molecule has 1 aromatic rings. The van der Waals surface area contributed by atoms with Crippen molar-refractivity contribution in [3.63, 3.8) is 0 Å². The first kappa shape index (κ1) is 18.4. The standard InChI is InChI=1S/C13H18BrClN2O3S/c1-8(2)4-5-17(3)13(18)9-6-10(15)12(14)11(7-9)21(16,19)20/h6-8H,4-5H2,1-3H3,(H2,16,19,20). The van der Waals surface area contributed by atoms with Crippen LogP contribution in [0.4, 0.5) is 0 Å². The van der Waals surface area contributed by atoms with Gasteiger partial charge in [0.1, 0.15) is 0 Å². The average Bonchev–Trinajstić information content (AvgIpc) is 2.36. The summed E-state index contributed by atoms with van der Waals surface area (Å²) >= 11 is 9.03. The molecule has 0 fully saturated rings. The molecule has 1 aromatic carbocycles. The molecule has 21 heavy (non-hydrogen) atoms. The van der Waals surface area contributed by atoms with Crippen molar-refractivity contribution in [1.82, 2.24) is 4.90 Å². The van der Waals surface area contributed by atoms with Crippen LogP contribution in [0.3, 0.4) is 0 Å². The number of hydrogen-bond acceptors (Lipinski definition) is 3. The largest absolute Gasteiger partial charge is 0.342 e. The zero-order valence-corrected chi connectivity index (χ0v) is 15.2. The normalized spacial score (nSPS) is 11.8. The Morgan fingerprint density at radius 1 is 1.43 bits per heavy atom. The van der Waals surface area contributed by atoms with Crippen molar-refractivity contribution < 1.29 is 13.2 Å². The van der Waals surface area contributed by atoms with Gasteiger partial charge in [-0.15, -0.1) is 0 Å². The molecule has 0 saturated heterocycles. The molecular formula is C13H18BrClN2O3S.